The van der Waals surface area contributed by atoms with Gasteiger partial charge in [0, 0.05) is 5.02 Å². The summed E-state index contributed by atoms with van der Waals surface area (Å²) in [6, 6.07) is 3.18. The van der Waals surface area contributed by atoms with Crippen LogP contribution in [0.5, 0.6) is 0 Å². The molecule has 0 spiro atoms. The molecular formula is C11H11ClN2O2. The van der Waals surface area contributed by atoms with Crippen molar-refractivity contribution >= 4 is 22.5 Å². The predicted molar refractivity (Wildman–Crippen MR) is 62.7 cm³/mol. The molecule has 0 radical (unpaired) electrons. The van der Waals surface area contributed by atoms with E-state index in [9.17, 15) is 9.90 Å². The van der Waals surface area contributed by atoms with Crippen LogP contribution >= 0.6 is 11.6 Å². The molecule has 4 nitrogen and oxygen atoms in total. The molecule has 1 atom stereocenters. The molecule has 0 bridgehead atoms. The van der Waals surface area contributed by atoms with Crippen LogP contribution in [0.15, 0.2) is 16.9 Å². The minimum atomic E-state index is -0.711. The molecule has 0 saturated heterocycles. The van der Waals surface area contributed by atoms with Crippen molar-refractivity contribution in [2.75, 3.05) is 0 Å². The van der Waals surface area contributed by atoms with Crippen LogP contribution in [0, 0.1) is 6.92 Å². The molecule has 84 valence electrons. The molecule has 1 heterocycles. The van der Waals surface area contributed by atoms with Crippen molar-refractivity contribution in [1.29, 1.82) is 0 Å². The molecule has 0 fully saturated rings. The third-order valence-corrected chi connectivity index (χ3v) is 2.72. The first-order valence-corrected chi connectivity index (χ1v) is 5.25. The Morgan fingerprint density at radius 3 is 2.81 bits per heavy atom. The molecule has 2 rings (SSSR count). The van der Waals surface area contributed by atoms with E-state index in [-0.39, 0.29) is 5.56 Å². The first-order chi connectivity index (χ1) is 7.49. The minimum absolute atomic E-state index is 0.221. The molecule has 0 amide bonds. The molecular weight excluding hydrogens is 228 g/mol. The van der Waals surface area contributed by atoms with E-state index in [1.165, 1.54) is 0 Å². The van der Waals surface area contributed by atoms with Gasteiger partial charge in [0.2, 0.25) is 0 Å². The zero-order valence-electron chi connectivity index (χ0n) is 8.91. The number of halogens is 1. The Morgan fingerprint density at radius 2 is 2.19 bits per heavy atom. The number of fused-ring (bicyclic) bond motifs is 1. The Hall–Kier alpha value is -1.39. The number of aliphatic hydroxyl groups is 1. The lowest BCUT2D eigenvalue weighted by atomic mass is 10.1. The fourth-order valence-electron chi connectivity index (χ4n) is 1.61. The number of hydrogen-bond acceptors (Lipinski definition) is 3. The van der Waals surface area contributed by atoms with Crippen LogP contribution in [0.3, 0.4) is 0 Å². The van der Waals surface area contributed by atoms with Crippen molar-refractivity contribution in [3.8, 4) is 0 Å². The number of rotatable bonds is 1. The van der Waals surface area contributed by atoms with E-state index in [0.717, 1.165) is 0 Å². The Morgan fingerprint density at radius 1 is 1.50 bits per heavy atom. The Bertz CT molecular complexity index is 605. The van der Waals surface area contributed by atoms with Crippen LogP contribution in [0.25, 0.3) is 10.9 Å². The van der Waals surface area contributed by atoms with E-state index in [4.69, 9.17) is 11.6 Å². The van der Waals surface area contributed by atoms with Gasteiger partial charge in [-0.25, -0.2) is 4.98 Å². The van der Waals surface area contributed by atoms with E-state index >= 15 is 0 Å². The first-order valence-electron chi connectivity index (χ1n) is 4.87. The van der Waals surface area contributed by atoms with Crippen LogP contribution in [0.2, 0.25) is 5.02 Å². The van der Waals surface area contributed by atoms with Crippen molar-refractivity contribution in [3.63, 3.8) is 0 Å². The zero-order chi connectivity index (χ0) is 11.9. The Labute approximate surface area is 96.9 Å². The second-order valence-electron chi connectivity index (χ2n) is 3.72. The molecule has 0 saturated carbocycles. The molecule has 1 unspecified atom stereocenters. The summed E-state index contributed by atoms with van der Waals surface area (Å²) in [6.45, 7) is 3.31. The molecule has 0 aliphatic carbocycles. The molecule has 2 aromatic rings. The number of hydrogen-bond donors (Lipinski definition) is 2. The molecule has 0 aliphatic heterocycles. The molecule has 2 N–H and O–H groups in total. The van der Waals surface area contributed by atoms with E-state index < -0.39 is 6.10 Å². The summed E-state index contributed by atoms with van der Waals surface area (Å²) in [5.74, 6) is 0.540. The van der Waals surface area contributed by atoms with Crippen LogP contribution < -0.4 is 5.56 Å². The number of aryl methyl sites for hydroxylation is 1. The smallest absolute Gasteiger partial charge is 0.258 e. The second kappa shape index (κ2) is 3.88. The fraction of sp³-hybridized carbons (Fsp3) is 0.273. The van der Waals surface area contributed by atoms with Crippen molar-refractivity contribution in [2.45, 2.75) is 20.0 Å². The predicted octanol–water partition coefficient (Wildman–Crippen LogP) is 1.94. The standard InChI is InChI=1S/C11H11ClN2O2/c1-5(15)7-3-8-10(4-9(7)12)13-6(2)14-11(8)16/h3-5,15H,1-2H3,(H,13,14,16). The normalized spacial score (nSPS) is 13.0. The lowest BCUT2D eigenvalue weighted by molar-refractivity contribution is 0.199. The summed E-state index contributed by atoms with van der Waals surface area (Å²) in [5.41, 5.74) is 0.849. The third kappa shape index (κ3) is 1.81. The Balaban J connectivity index is 2.85. The van der Waals surface area contributed by atoms with Gasteiger partial charge in [-0.05, 0) is 31.5 Å². The van der Waals surface area contributed by atoms with E-state index in [2.05, 4.69) is 9.97 Å². The first kappa shape index (κ1) is 11.1. The summed E-state index contributed by atoms with van der Waals surface area (Å²) in [6.07, 6.45) is -0.711. The summed E-state index contributed by atoms with van der Waals surface area (Å²) in [7, 11) is 0. The maximum atomic E-state index is 11.7. The average Bonchev–Trinajstić information content (AvgIpc) is 2.15. The van der Waals surface area contributed by atoms with Gasteiger partial charge in [0.15, 0.2) is 0 Å². The molecule has 5 heteroatoms. The highest BCUT2D eigenvalue weighted by Crippen LogP contribution is 2.26. The highest BCUT2D eigenvalue weighted by Gasteiger charge is 2.11. The number of aliphatic hydroxyl groups excluding tert-OH is 1. The van der Waals surface area contributed by atoms with Crippen LogP contribution in [0.1, 0.15) is 24.4 Å². The van der Waals surface area contributed by atoms with Crippen molar-refractivity contribution < 1.29 is 5.11 Å². The van der Waals surface area contributed by atoms with Crippen LogP contribution in [-0.4, -0.2) is 15.1 Å². The topological polar surface area (TPSA) is 66.0 Å². The molecule has 1 aromatic carbocycles. The van der Waals surface area contributed by atoms with Crippen molar-refractivity contribution in [2.24, 2.45) is 0 Å². The van der Waals surface area contributed by atoms with Gasteiger partial charge in [0.25, 0.3) is 5.56 Å². The van der Waals surface area contributed by atoms with Gasteiger partial charge in [0.05, 0.1) is 17.0 Å². The quantitative estimate of drug-likeness (QED) is 0.798. The number of aromatic amines is 1. The lowest BCUT2D eigenvalue weighted by Crippen LogP contribution is -2.10. The summed E-state index contributed by atoms with van der Waals surface area (Å²) < 4.78 is 0. The van der Waals surface area contributed by atoms with Crippen molar-refractivity contribution in [3.05, 3.63) is 38.9 Å². The van der Waals surface area contributed by atoms with Gasteiger partial charge in [0.1, 0.15) is 5.82 Å². The number of nitrogens with zero attached hydrogens (tertiary/aromatic N) is 1. The van der Waals surface area contributed by atoms with E-state index in [1.807, 2.05) is 0 Å². The van der Waals surface area contributed by atoms with Gasteiger partial charge < -0.3 is 10.1 Å². The second-order valence-corrected chi connectivity index (χ2v) is 4.13. The highest BCUT2D eigenvalue weighted by atomic mass is 35.5. The third-order valence-electron chi connectivity index (χ3n) is 2.39. The maximum Gasteiger partial charge on any atom is 0.258 e. The SMILES string of the molecule is Cc1nc2cc(Cl)c(C(C)O)cc2c(=O)[nH]1. The van der Waals surface area contributed by atoms with Crippen LogP contribution in [-0.2, 0) is 0 Å². The maximum absolute atomic E-state index is 11.7. The number of benzene rings is 1. The minimum Gasteiger partial charge on any atom is -0.389 e. The van der Waals surface area contributed by atoms with E-state index in [0.29, 0.717) is 27.3 Å². The molecule has 0 aliphatic rings. The van der Waals surface area contributed by atoms with Gasteiger partial charge in [-0.2, -0.15) is 0 Å². The Kier molecular flexibility index (Phi) is 2.69. The summed E-state index contributed by atoms with van der Waals surface area (Å²) >= 11 is 5.99. The van der Waals surface area contributed by atoms with Gasteiger partial charge in [-0.1, -0.05) is 11.6 Å². The average molecular weight is 239 g/mol. The molecule has 1 aromatic heterocycles. The monoisotopic (exact) mass is 238 g/mol. The van der Waals surface area contributed by atoms with Gasteiger partial charge in [-0.3, -0.25) is 4.79 Å². The van der Waals surface area contributed by atoms with Crippen molar-refractivity contribution in [1.82, 2.24) is 9.97 Å². The summed E-state index contributed by atoms with van der Waals surface area (Å²) in [5, 5.41) is 10.3. The number of nitrogens with one attached hydrogen (secondary N) is 1. The summed E-state index contributed by atoms with van der Waals surface area (Å²) in [4.78, 5) is 18.4. The zero-order valence-corrected chi connectivity index (χ0v) is 9.67. The van der Waals surface area contributed by atoms with Crippen LogP contribution in [0.4, 0.5) is 0 Å². The molecule has 16 heavy (non-hydrogen) atoms. The number of H-pyrrole nitrogens is 1. The largest absolute Gasteiger partial charge is 0.389 e. The highest BCUT2D eigenvalue weighted by molar-refractivity contribution is 6.32. The number of aromatic nitrogens is 2. The lowest BCUT2D eigenvalue weighted by Gasteiger charge is -2.08. The fourth-order valence-corrected chi connectivity index (χ4v) is 1.93. The van der Waals surface area contributed by atoms with Gasteiger partial charge in [-0.15, -0.1) is 0 Å². The van der Waals surface area contributed by atoms with E-state index in [1.54, 1.807) is 26.0 Å². The van der Waals surface area contributed by atoms with Gasteiger partial charge >= 0.3 is 0 Å².